The van der Waals surface area contributed by atoms with Gasteiger partial charge in [0.25, 0.3) is 0 Å². The van der Waals surface area contributed by atoms with E-state index < -0.39 is 11.2 Å². The first kappa shape index (κ1) is 16.4. The van der Waals surface area contributed by atoms with Gasteiger partial charge in [-0.1, -0.05) is 41.9 Å². The summed E-state index contributed by atoms with van der Waals surface area (Å²) in [4.78, 5) is 24.2. The highest BCUT2D eigenvalue weighted by Crippen LogP contribution is 2.35. The average molecular weight is 335 g/mol. The van der Waals surface area contributed by atoms with Crippen LogP contribution in [0.15, 0.2) is 42.5 Å². The number of nitrogens with two attached hydrogens (primary N) is 2. The Morgan fingerprint density at radius 2 is 1.82 bits per heavy atom. The van der Waals surface area contributed by atoms with Gasteiger partial charge in [0.2, 0.25) is 5.91 Å². The van der Waals surface area contributed by atoms with E-state index in [1.807, 2.05) is 6.07 Å². The number of amides is 1. The van der Waals surface area contributed by atoms with Gasteiger partial charge in [0.15, 0.2) is 5.78 Å². The molecule has 0 aliphatic rings. The summed E-state index contributed by atoms with van der Waals surface area (Å²) in [5.74, 6) is -0.772. The smallest absolute Gasteiger partial charge is 0.235 e. The molecule has 0 saturated heterocycles. The van der Waals surface area contributed by atoms with Crippen LogP contribution in [0.25, 0.3) is 0 Å². The highest BCUT2D eigenvalue weighted by molar-refractivity contribution is 7.99. The van der Waals surface area contributed by atoms with E-state index in [-0.39, 0.29) is 17.0 Å². The van der Waals surface area contributed by atoms with Crippen molar-refractivity contribution in [2.45, 2.75) is 5.25 Å². The maximum atomic E-state index is 12.6. The first-order valence-corrected chi connectivity index (χ1v) is 8.13. The van der Waals surface area contributed by atoms with Gasteiger partial charge in [-0.25, -0.2) is 0 Å². The molecule has 2 aromatic carbocycles. The molecule has 1 atom stereocenters. The number of benzene rings is 2. The fourth-order valence-electron chi connectivity index (χ4n) is 2.19. The molecule has 0 radical (unpaired) electrons. The van der Waals surface area contributed by atoms with Gasteiger partial charge in [-0.05, 0) is 24.0 Å². The van der Waals surface area contributed by atoms with Crippen LogP contribution >= 0.6 is 23.4 Å². The molecule has 0 aliphatic carbocycles. The molecule has 0 heterocycles. The van der Waals surface area contributed by atoms with Crippen LogP contribution in [0, 0.1) is 0 Å². The number of ketones is 1. The molecule has 1 amide bonds. The third-order valence-corrected chi connectivity index (χ3v) is 4.41. The second-order valence-electron chi connectivity index (χ2n) is 4.67. The van der Waals surface area contributed by atoms with E-state index in [0.717, 1.165) is 0 Å². The Morgan fingerprint density at radius 3 is 2.36 bits per heavy atom. The number of halogens is 1. The van der Waals surface area contributed by atoms with Crippen LogP contribution in [0.4, 0.5) is 5.69 Å². The summed E-state index contributed by atoms with van der Waals surface area (Å²) in [7, 11) is 0. The zero-order valence-corrected chi connectivity index (χ0v) is 13.4. The van der Waals surface area contributed by atoms with E-state index in [1.54, 1.807) is 36.6 Å². The second kappa shape index (κ2) is 6.85. The van der Waals surface area contributed by atoms with E-state index >= 15 is 0 Å². The van der Waals surface area contributed by atoms with Gasteiger partial charge in [0.1, 0.15) is 5.25 Å². The topological polar surface area (TPSA) is 86.2 Å². The van der Waals surface area contributed by atoms with E-state index in [0.29, 0.717) is 16.1 Å². The lowest BCUT2D eigenvalue weighted by Crippen LogP contribution is -2.20. The average Bonchev–Trinajstić information content (AvgIpc) is 2.51. The zero-order chi connectivity index (χ0) is 16.3. The number of hydrogen-bond donors (Lipinski definition) is 2. The number of carbonyl (C=O) groups is 2. The first-order valence-electron chi connectivity index (χ1n) is 6.46. The van der Waals surface area contributed by atoms with Crippen LogP contribution in [0.1, 0.15) is 26.7 Å². The highest BCUT2D eigenvalue weighted by atomic mass is 35.5. The Hall–Kier alpha value is -1.98. The fourth-order valence-corrected chi connectivity index (χ4v) is 3.09. The molecule has 0 aromatic heterocycles. The number of carbonyl (C=O) groups excluding carboxylic acids is 2. The van der Waals surface area contributed by atoms with E-state index in [4.69, 9.17) is 23.1 Å². The quantitative estimate of drug-likeness (QED) is 0.650. The normalized spacial score (nSPS) is 11.9. The van der Waals surface area contributed by atoms with Crippen LogP contribution in [-0.2, 0) is 4.79 Å². The minimum atomic E-state index is -0.652. The van der Waals surface area contributed by atoms with Gasteiger partial charge < -0.3 is 11.5 Å². The predicted octanol–water partition coefficient (Wildman–Crippen LogP) is 3.04. The standard InChI is InChI=1S/C16H15ClN2O2S/c1-22-15(16(19)21)12-8-10(17)7-11(13(12)18)14(20)9-5-3-2-4-6-9/h2-8,15H,18H2,1H3,(H2,19,21). The van der Waals surface area contributed by atoms with Crippen molar-refractivity contribution in [2.24, 2.45) is 5.73 Å². The molecule has 0 aliphatic heterocycles. The van der Waals surface area contributed by atoms with Crippen LogP contribution in [0.3, 0.4) is 0 Å². The molecule has 0 bridgehead atoms. The second-order valence-corrected chi connectivity index (χ2v) is 6.05. The van der Waals surface area contributed by atoms with Crippen molar-refractivity contribution in [1.82, 2.24) is 0 Å². The van der Waals surface area contributed by atoms with Gasteiger partial charge in [-0.15, -0.1) is 11.8 Å². The Morgan fingerprint density at radius 1 is 1.18 bits per heavy atom. The van der Waals surface area contributed by atoms with Crippen molar-refractivity contribution < 1.29 is 9.59 Å². The third kappa shape index (κ3) is 3.26. The Bertz CT molecular complexity index is 720. The molecule has 6 heteroatoms. The van der Waals surface area contributed by atoms with Crippen molar-refractivity contribution in [3.05, 3.63) is 64.2 Å². The minimum absolute atomic E-state index is 0.233. The van der Waals surface area contributed by atoms with Crippen molar-refractivity contribution in [3.63, 3.8) is 0 Å². The predicted molar refractivity (Wildman–Crippen MR) is 91.2 cm³/mol. The van der Waals surface area contributed by atoms with Gasteiger partial charge in [-0.2, -0.15) is 0 Å². The number of anilines is 1. The fraction of sp³-hybridized carbons (Fsp3) is 0.125. The SMILES string of the molecule is CSC(C(N)=O)c1cc(Cl)cc(C(=O)c2ccccc2)c1N. The lowest BCUT2D eigenvalue weighted by molar-refractivity contribution is -0.117. The largest absolute Gasteiger partial charge is 0.398 e. The number of thioether (sulfide) groups is 1. The summed E-state index contributed by atoms with van der Waals surface area (Å²) >= 11 is 7.34. The molecular weight excluding hydrogens is 320 g/mol. The van der Waals surface area contributed by atoms with Crippen molar-refractivity contribution in [2.75, 3.05) is 12.0 Å². The number of hydrogen-bond acceptors (Lipinski definition) is 4. The molecule has 1 unspecified atom stereocenters. The summed E-state index contributed by atoms with van der Waals surface area (Å²) in [6.45, 7) is 0. The number of rotatable bonds is 5. The molecule has 0 saturated carbocycles. The maximum absolute atomic E-state index is 12.6. The number of nitrogen functional groups attached to an aromatic ring is 1. The lowest BCUT2D eigenvalue weighted by atomic mass is 9.97. The van der Waals surface area contributed by atoms with Crippen molar-refractivity contribution in [1.29, 1.82) is 0 Å². The van der Waals surface area contributed by atoms with E-state index in [9.17, 15) is 9.59 Å². The summed E-state index contributed by atoms with van der Waals surface area (Å²) in [6, 6.07) is 11.8. The molecule has 22 heavy (non-hydrogen) atoms. The van der Waals surface area contributed by atoms with E-state index in [2.05, 4.69) is 0 Å². The molecule has 2 aromatic rings. The summed E-state index contributed by atoms with van der Waals surface area (Å²) in [5.41, 5.74) is 13.0. The Balaban J connectivity index is 2.56. The zero-order valence-electron chi connectivity index (χ0n) is 11.9. The lowest BCUT2D eigenvalue weighted by Gasteiger charge is -2.16. The molecule has 2 rings (SSSR count). The molecule has 0 spiro atoms. The summed E-state index contributed by atoms with van der Waals surface area (Å²) < 4.78 is 0. The minimum Gasteiger partial charge on any atom is -0.398 e. The van der Waals surface area contributed by atoms with Crippen molar-refractivity contribution in [3.8, 4) is 0 Å². The van der Waals surface area contributed by atoms with Crippen molar-refractivity contribution >= 4 is 40.7 Å². The van der Waals surface area contributed by atoms with Gasteiger partial charge in [-0.3, -0.25) is 9.59 Å². The van der Waals surface area contributed by atoms with E-state index in [1.165, 1.54) is 17.8 Å². The maximum Gasteiger partial charge on any atom is 0.235 e. The van der Waals surface area contributed by atoms with Gasteiger partial charge in [0.05, 0.1) is 0 Å². The summed E-state index contributed by atoms with van der Waals surface area (Å²) in [6.07, 6.45) is 1.74. The first-order chi connectivity index (χ1) is 10.5. The van der Waals surface area contributed by atoms with Crippen LogP contribution in [-0.4, -0.2) is 17.9 Å². The third-order valence-electron chi connectivity index (χ3n) is 3.23. The molecule has 0 fully saturated rings. The molecule has 4 nitrogen and oxygen atoms in total. The van der Waals surface area contributed by atoms with Crippen LogP contribution in [0.5, 0.6) is 0 Å². The Kier molecular flexibility index (Phi) is 5.11. The van der Waals surface area contributed by atoms with Gasteiger partial charge >= 0.3 is 0 Å². The monoisotopic (exact) mass is 334 g/mol. The molecule has 4 N–H and O–H groups in total. The van der Waals surface area contributed by atoms with Gasteiger partial charge in [0, 0.05) is 21.8 Å². The van der Waals surface area contributed by atoms with Crippen LogP contribution in [0.2, 0.25) is 5.02 Å². The molecule has 114 valence electrons. The summed E-state index contributed by atoms with van der Waals surface area (Å²) in [5, 5.41) is -0.315. The van der Waals surface area contributed by atoms with Crippen LogP contribution < -0.4 is 11.5 Å². The highest BCUT2D eigenvalue weighted by Gasteiger charge is 2.24. The molecular formula is C16H15ClN2O2S. The Labute approximate surface area is 137 Å². The number of primary amides is 1.